The van der Waals surface area contributed by atoms with Gasteiger partial charge in [0.25, 0.3) is 0 Å². The number of anilines is 1. The van der Waals surface area contributed by atoms with Crippen LogP contribution in [0.4, 0.5) is 23.7 Å². The SMILES string of the molecule is COC(=O)c1cccc(CC(C(=O)c2cccc(C(F)(F)F)c2)c2ccc(OC)cc2NC(=O)OC(C)(C)C)n1. The minimum atomic E-state index is -4.66. The van der Waals surface area contributed by atoms with Crippen molar-refractivity contribution in [1.82, 2.24) is 4.98 Å². The third-order valence-corrected chi connectivity index (χ3v) is 5.68. The zero-order valence-electron chi connectivity index (χ0n) is 22.6. The van der Waals surface area contributed by atoms with Crippen molar-refractivity contribution in [3.05, 3.63) is 88.7 Å². The molecule has 1 heterocycles. The second-order valence-electron chi connectivity index (χ2n) is 9.79. The van der Waals surface area contributed by atoms with E-state index in [9.17, 15) is 27.6 Å². The van der Waals surface area contributed by atoms with Crippen LogP contribution in [0.3, 0.4) is 0 Å². The van der Waals surface area contributed by atoms with Crippen LogP contribution in [0.25, 0.3) is 0 Å². The molecule has 11 heteroatoms. The molecule has 0 aliphatic rings. The van der Waals surface area contributed by atoms with Gasteiger partial charge in [-0.1, -0.05) is 24.3 Å². The fourth-order valence-corrected chi connectivity index (χ4v) is 3.90. The highest BCUT2D eigenvalue weighted by atomic mass is 19.4. The Morgan fingerprint density at radius 2 is 1.65 bits per heavy atom. The lowest BCUT2D eigenvalue weighted by molar-refractivity contribution is -0.137. The fourth-order valence-electron chi connectivity index (χ4n) is 3.90. The number of hydrogen-bond donors (Lipinski definition) is 1. The lowest BCUT2D eigenvalue weighted by Gasteiger charge is -2.23. The normalized spacial score (nSPS) is 12.3. The van der Waals surface area contributed by atoms with E-state index in [0.717, 1.165) is 18.2 Å². The fraction of sp³-hybridized carbons (Fsp3) is 0.310. The van der Waals surface area contributed by atoms with Crippen LogP contribution in [0.2, 0.25) is 0 Å². The first-order valence-electron chi connectivity index (χ1n) is 12.2. The molecule has 0 bridgehead atoms. The summed E-state index contributed by atoms with van der Waals surface area (Å²) in [6, 6.07) is 13.2. The summed E-state index contributed by atoms with van der Waals surface area (Å²) in [5.74, 6) is -2.13. The van der Waals surface area contributed by atoms with Crippen molar-refractivity contribution in [1.29, 1.82) is 0 Å². The molecule has 0 saturated heterocycles. The molecule has 0 radical (unpaired) electrons. The van der Waals surface area contributed by atoms with Gasteiger partial charge in [0.05, 0.1) is 31.4 Å². The third kappa shape index (κ3) is 7.81. The topological polar surface area (TPSA) is 104 Å². The number of carbonyl (C=O) groups excluding carboxylic acids is 3. The van der Waals surface area contributed by atoms with Gasteiger partial charge in [-0.15, -0.1) is 0 Å². The number of amides is 1. The van der Waals surface area contributed by atoms with E-state index in [1.165, 1.54) is 38.5 Å². The maximum Gasteiger partial charge on any atom is 0.416 e. The second-order valence-corrected chi connectivity index (χ2v) is 9.79. The largest absolute Gasteiger partial charge is 0.497 e. The molecule has 1 N–H and O–H groups in total. The van der Waals surface area contributed by atoms with Crippen LogP contribution in [0, 0.1) is 0 Å². The van der Waals surface area contributed by atoms with E-state index < -0.39 is 41.1 Å². The summed E-state index contributed by atoms with van der Waals surface area (Å²) in [6.07, 6.45) is -5.58. The number of rotatable bonds is 8. The average Bonchev–Trinajstić information content (AvgIpc) is 2.89. The zero-order chi connectivity index (χ0) is 29.7. The first-order chi connectivity index (χ1) is 18.7. The molecule has 0 aliphatic heterocycles. The standard InChI is InChI=1S/C29H29F3N2O6/c1-28(2,3)40-27(37)34-24-16-20(38-4)12-13-21(24)22(15-19-10-7-11-23(33-19)26(36)39-5)25(35)17-8-6-9-18(14-17)29(30,31)32/h6-14,16,22H,15H2,1-5H3,(H,34,37). The van der Waals surface area contributed by atoms with Crippen molar-refractivity contribution < 1.29 is 41.8 Å². The molecule has 1 amide bonds. The molecule has 0 aliphatic carbocycles. The van der Waals surface area contributed by atoms with Crippen LogP contribution in [-0.2, 0) is 22.1 Å². The Bertz CT molecular complexity index is 1400. The Kier molecular flexibility index (Phi) is 9.18. The van der Waals surface area contributed by atoms with Crippen molar-refractivity contribution in [2.75, 3.05) is 19.5 Å². The molecule has 1 atom stereocenters. The Labute approximate surface area is 229 Å². The number of nitrogens with zero attached hydrogens (tertiary/aromatic N) is 1. The number of halogens is 3. The van der Waals surface area contributed by atoms with E-state index in [1.807, 2.05) is 0 Å². The summed E-state index contributed by atoms with van der Waals surface area (Å²) in [6.45, 7) is 5.04. The molecule has 212 valence electrons. The summed E-state index contributed by atoms with van der Waals surface area (Å²) in [7, 11) is 2.61. The predicted octanol–water partition coefficient (Wildman–Crippen LogP) is 6.45. The number of carbonyl (C=O) groups is 3. The number of pyridine rings is 1. The van der Waals surface area contributed by atoms with Crippen molar-refractivity contribution in [2.24, 2.45) is 0 Å². The maximum atomic E-state index is 13.9. The smallest absolute Gasteiger partial charge is 0.416 e. The molecule has 0 fully saturated rings. The van der Waals surface area contributed by atoms with E-state index in [2.05, 4.69) is 10.3 Å². The Balaban J connectivity index is 2.14. The number of hydrogen-bond acceptors (Lipinski definition) is 7. The number of alkyl halides is 3. The number of ketones is 1. The van der Waals surface area contributed by atoms with Crippen molar-refractivity contribution >= 4 is 23.5 Å². The highest BCUT2D eigenvalue weighted by Crippen LogP contribution is 2.35. The number of aromatic nitrogens is 1. The van der Waals surface area contributed by atoms with Crippen molar-refractivity contribution in [3.8, 4) is 5.75 Å². The molecule has 40 heavy (non-hydrogen) atoms. The van der Waals surface area contributed by atoms with Gasteiger partial charge in [-0.25, -0.2) is 14.6 Å². The first kappa shape index (κ1) is 30.1. The van der Waals surface area contributed by atoms with Crippen molar-refractivity contribution in [3.63, 3.8) is 0 Å². The summed E-state index contributed by atoms with van der Waals surface area (Å²) < 4.78 is 55.7. The minimum Gasteiger partial charge on any atom is -0.497 e. The van der Waals surface area contributed by atoms with Crippen LogP contribution in [-0.4, -0.2) is 42.7 Å². The van der Waals surface area contributed by atoms with Gasteiger partial charge in [0.15, 0.2) is 5.78 Å². The van der Waals surface area contributed by atoms with Gasteiger partial charge < -0.3 is 14.2 Å². The molecular formula is C29H29F3N2O6. The number of benzene rings is 2. The van der Waals surface area contributed by atoms with Gasteiger partial charge in [-0.05, 0) is 56.7 Å². The quantitative estimate of drug-likeness (QED) is 0.250. The molecule has 8 nitrogen and oxygen atoms in total. The van der Waals surface area contributed by atoms with E-state index in [4.69, 9.17) is 14.2 Å². The Hall–Kier alpha value is -4.41. The zero-order valence-corrected chi connectivity index (χ0v) is 22.6. The van der Waals surface area contributed by atoms with E-state index in [-0.39, 0.29) is 28.9 Å². The van der Waals surface area contributed by atoms with Crippen LogP contribution in [0.15, 0.2) is 60.7 Å². The number of nitrogens with one attached hydrogen (secondary N) is 1. The lowest BCUT2D eigenvalue weighted by Crippen LogP contribution is -2.28. The molecule has 1 unspecified atom stereocenters. The molecule has 0 spiro atoms. The van der Waals surface area contributed by atoms with Gasteiger partial charge in [-0.2, -0.15) is 13.2 Å². The van der Waals surface area contributed by atoms with Gasteiger partial charge in [0.2, 0.25) is 0 Å². The third-order valence-electron chi connectivity index (χ3n) is 5.68. The van der Waals surface area contributed by atoms with Gasteiger partial charge in [-0.3, -0.25) is 10.1 Å². The van der Waals surface area contributed by atoms with Crippen molar-refractivity contribution in [2.45, 2.75) is 44.9 Å². The Morgan fingerprint density at radius 1 is 0.950 bits per heavy atom. The molecule has 2 aromatic carbocycles. The maximum absolute atomic E-state index is 13.9. The van der Waals surface area contributed by atoms with E-state index in [0.29, 0.717) is 11.4 Å². The number of ether oxygens (including phenoxy) is 3. The predicted molar refractivity (Wildman–Crippen MR) is 141 cm³/mol. The van der Waals surface area contributed by atoms with Gasteiger partial charge in [0, 0.05) is 23.7 Å². The van der Waals surface area contributed by atoms with Crippen LogP contribution in [0.5, 0.6) is 5.75 Å². The minimum absolute atomic E-state index is 0.00731. The average molecular weight is 559 g/mol. The second kappa shape index (κ2) is 12.2. The molecule has 0 saturated carbocycles. The summed E-state index contributed by atoms with van der Waals surface area (Å²) in [5.41, 5.74) is -1.27. The van der Waals surface area contributed by atoms with Gasteiger partial charge >= 0.3 is 18.2 Å². The first-order valence-corrected chi connectivity index (χ1v) is 12.2. The Morgan fingerprint density at radius 3 is 2.27 bits per heavy atom. The molecule has 1 aromatic heterocycles. The lowest BCUT2D eigenvalue weighted by atomic mass is 9.85. The summed E-state index contributed by atoms with van der Waals surface area (Å²) in [5, 5.41) is 2.62. The number of Topliss-reactive ketones (excluding diaryl/α,β-unsaturated/α-hetero) is 1. The number of esters is 1. The van der Waals surface area contributed by atoms with E-state index >= 15 is 0 Å². The van der Waals surface area contributed by atoms with Crippen LogP contribution >= 0.6 is 0 Å². The summed E-state index contributed by atoms with van der Waals surface area (Å²) in [4.78, 5) is 42.8. The van der Waals surface area contributed by atoms with Crippen LogP contribution < -0.4 is 10.1 Å². The number of methoxy groups -OCH3 is 2. The highest BCUT2D eigenvalue weighted by Gasteiger charge is 2.33. The molecule has 3 rings (SSSR count). The monoisotopic (exact) mass is 558 g/mol. The van der Waals surface area contributed by atoms with Gasteiger partial charge in [0.1, 0.15) is 17.0 Å². The molecule has 3 aromatic rings. The summed E-state index contributed by atoms with van der Waals surface area (Å²) >= 11 is 0. The molecular weight excluding hydrogens is 529 g/mol. The van der Waals surface area contributed by atoms with Crippen LogP contribution in [0.1, 0.15) is 64.4 Å². The highest BCUT2D eigenvalue weighted by molar-refractivity contribution is 6.02. The van der Waals surface area contributed by atoms with E-state index in [1.54, 1.807) is 39.0 Å².